The number of methoxy groups -OCH3 is 1. The molecule has 0 radical (unpaired) electrons. The van der Waals surface area contributed by atoms with Crippen LogP contribution in [0.4, 0.5) is 5.13 Å². The Hall–Kier alpha value is -3.26. The smallest absolute Gasteiger partial charge is 0.229 e. The zero-order valence-corrected chi connectivity index (χ0v) is 17.4. The van der Waals surface area contributed by atoms with Crippen LogP contribution in [0.5, 0.6) is 5.75 Å². The van der Waals surface area contributed by atoms with Gasteiger partial charge in [-0.2, -0.15) is 0 Å². The van der Waals surface area contributed by atoms with E-state index in [-0.39, 0.29) is 18.2 Å². The molecule has 0 saturated carbocycles. The second kappa shape index (κ2) is 9.04. The van der Waals surface area contributed by atoms with Crippen LogP contribution in [0, 0.1) is 5.92 Å². The molecule has 2 heterocycles. The zero-order chi connectivity index (χ0) is 20.9. The summed E-state index contributed by atoms with van der Waals surface area (Å²) in [7, 11) is 1.60. The number of nitrogens with zero attached hydrogens (tertiary/aromatic N) is 3. The molecular formula is C22H22N4O3S. The molecule has 1 fully saturated rings. The van der Waals surface area contributed by atoms with Crippen molar-refractivity contribution in [2.75, 3.05) is 18.6 Å². The van der Waals surface area contributed by atoms with Gasteiger partial charge in [0.25, 0.3) is 0 Å². The van der Waals surface area contributed by atoms with Crippen molar-refractivity contribution in [2.24, 2.45) is 5.92 Å². The second-order valence-electron chi connectivity index (χ2n) is 7.08. The van der Waals surface area contributed by atoms with Crippen molar-refractivity contribution in [3.8, 4) is 5.75 Å². The summed E-state index contributed by atoms with van der Waals surface area (Å²) < 4.78 is 5.31. The molecule has 0 aliphatic carbocycles. The number of hydrogen-bond donors (Lipinski definition) is 1. The quantitative estimate of drug-likeness (QED) is 0.633. The molecule has 1 N–H and O–H groups in total. The third kappa shape index (κ3) is 4.49. The Kier molecular flexibility index (Phi) is 6.04. The van der Waals surface area contributed by atoms with Gasteiger partial charge in [-0.15, -0.1) is 10.2 Å². The van der Waals surface area contributed by atoms with E-state index in [4.69, 9.17) is 4.74 Å². The van der Waals surface area contributed by atoms with E-state index in [2.05, 4.69) is 15.5 Å². The van der Waals surface area contributed by atoms with Crippen LogP contribution in [0.1, 0.15) is 22.6 Å². The van der Waals surface area contributed by atoms with Gasteiger partial charge in [-0.05, 0) is 11.6 Å². The average molecular weight is 423 g/mol. The van der Waals surface area contributed by atoms with Gasteiger partial charge in [0.1, 0.15) is 10.8 Å². The zero-order valence-electron chi connectivity index (χ0n) is 16.6. The first-order valence-electron chi connectivity index (χ1n) is 9.70. The fourth-order valence-corrected chi connectivity index (χ4v) is 4.34. The molecule has 1 aliphatic rings. The lowest BCUT2D eigenvalue weighted by Crippen LogP contribution is -2.32. The molecule has 0 bridgehead atoms. The monoisotopic (exact) mass is 422 g/mol. The van der Waals surface area contributed by atoms with E-state index >= 15 is 0 Å². The van der Waals surface area contributed by atoms with Crippen LogP contribution in [-0.2, 0) is 22.6 Å². The van der Waals surface area contributed by atoms with Gasteiger partial charge in [-0.1, -0.05) is 59.9 Å². The maximum atomic E-state index is 12.6. The van der Waals surface area contributed by atoms with Crippen LogP contribution in [0.15, 0.2) is 54.6 Å². The number of para-hydroxylation sites is 1. The van der Waals surface area contributed by atoms with Crippen LogP contribution in [0.2, 0.25) is 0 Å². The van der Waals surface area contributed by atoms with Crippen LogP contribution in [-0.4, -0.2) is 35.7 Å². The molecule has 1 aliphatic heterocycles. The highest BCUT2D eigenvalue weighted by Gasteiger charge is 2.36. The van der Waals surface area contributed by atoms with E-state index < -0.39 is 5.92 Å². The summed E-state index contributed by atoms with van der Waals surface area (Å²) in [6.45, 7) is 0.671. The fourth-order valence-electron chi connectivity index (χ4n) is 3.44. The number of rotatable bonds is 7. The van der Waals surface area contributed by atoms with Crippen LogP contribution in [0.25, 0.3) is 0 Å². The molecule has 7 nitrogen and oxygen atoms in total. The van der Waals surface area contributed by atoms with Crippen molar-refractivity contribution >= 4 is 28.3 Å². The van der Waals surface area contributed by atoms with E-state index in [1.165, 1.54) is 11.3 Å². The van der Waals surface area contributed by atoms with E-state index in [9.17, 15) is 9.59 Å². The Labute approximate surface area is 178 Å². The first-order chi connectivity index (χ1) is 14.6. The molecule has 3 aromatic rings. The predicted molar refractivity (Wildman–Crippen MR) is 114 cm³/mol. The fraction of sp³-hybridized carbons (Fsp3) is 0.273. The molecule has 4 rings (SSSR count). The van der Waals surface area contributed by atoms with Gasteiger partial charge < -0.3 is 10.1 Å². The van der Waals surface area contributed by atoms with Gasteiger partial charge in [-0.3, -0.25) is 14.5 Å². The van der Waals surface area contributed by atoms with Crippen molar-refractivity contribution in [2.45, 2.75) is 19.4 Å². The molecule has 1 aromatic heterocycles. The summed E-state index contributed by atoms with van der Waals surface area (Å²) in [5, 5.41) is 12.7. The molecule has 0 spiro atoms. The van der Waals surface area contributed by atoms with Crippen molar-refractivity contribution in [1.29, 1.82) is 0 Å². The summed E-state index contributed by atoms with van der Waals surface area (Å²) in [5.74, 6) is 0.0658. The minimum absolute atomic E-state index is 0.102. The Morgan fingerprint density at radius 1 is 1.17 bits per heavy atom. The standard InChI is InChI=1S/C22H22N4O3S/c1-29-18-10-6-5-9-16(18)13-23-21(28)17-12-20(27)26(14-17)22-25-24-19(30-22)11-15-7-3-2-4-8-15/h2-10,17H,11-14H2,1H3,(H,23,28). The minimum Gasteiger partial charge on any atom is -0.496 e. The maximum absolute atomic E-state index is 12.6. The number of ether oxygens (including phenoxy) is 1. The Bertz CT molecular complexity index is 1040. The Morgan fingerprint density at radius 2 is 1.93 bits per heavy atom. The average Bonchev–Trinajstić information content (AvgIpc) is 3.39. The van der Waals surface area contributed by atoms with Crippen molar-refractivity contribution in [3.05, 3.63) is 70.7 Å². The largest absolute Gasteiger partial charge is 0.496 e. The van der Waals surface area contributed by atoms with Gasteiger partial charge >= 0.3 is 0 Å². The lowest BCUT2D eigenvalue weighted by molar-refractivity contribution is -0.126. The summed E-state index contributed by atoms with van der Waals surface area (Å²) >= 11 is 1.39. The summed E-state index contributed by atoms with van der Waals surface area (Å²) in [5.41, 5.74) is 2.03. The lowest BCUT2D eigenvalue weighted by atomic mass is 10.1. The van der Waals surface area contributed by atoms with Gasteiger partial charge in [0.15, 0.2) is 0 Å². The number of carbonyl (C=O) groups excluding carboxylic acids is 2. The Morgan fingerprint density at radius 3 is 2.73 bits per heavy atom. The number of anilines is 1. The molecule has 2 aromatic carbocycles. The van der Waals surface area contributed by atoms with Crippen LogP contribution < -0.4 is 15.0 Å². The number of hydrogen-bond acceptors (Lipinski definition) is 6. The number of carbonyl (C=O) groups is 2. The van der Waals surface area contributed by atoms with Gasteiger partial charge in [0, 0.05) is 31.5 Å². The van der Waals surface area contributed by atoms with E-state index in [1.54, 1.807) is 12.0 Å². The summed E-state index contributed by atoms with van der Waals surface area (Å²) in [6.07, 6.45) is 0.842. The van der Waals surface area contributed by atoms with Crippen LogP contribution >= 0.6 is 11.3 Å². The first-order valence-corrected chi connectivity index (χ1v) is 10.5. The highest BCUT2D eigenvalue weighted by Crippen LogP contribution is 2.29. The van der Waals surface area contributed by atoms with E-state index in [0.29, 0.717) is 24.6 Å². The molecular weight excluding hydrogens is 400 g/mol. The van der Waals surface area contributed by atoms with Gasteiger partial charge in [0.05, 0.1) is 13.0 Å². The lowest BCUT2D eigenvalue weighted by Gasteiger charge is -2.13. The second-order valence-corrected chi connectivity index (χ2v) is 8.12. The topological polar surface area (TPSA) is 84.4 Å². The summed E-state index contributed by atoms with van der Waals surface area (Å²) in [6, 6.07) is 17.5. The molecule has 2 amide bonds. The third-order valence-electron chi connectivity index (χ3n) is 5.03. The molecule has 8 heteroatoms. The molecule has 1 atom stereocenters. The van der Waals surface area contributed by atoms with Crippen molar-refractivity contribution < 1.29 is 14.3 Å². The number of aromatic nitrogens is 2. The highest BCUT2D eigenvalue weighted by atomic mass is 32.1. The minimum atomic E-state index is -0.409. The molecule has 154 valence electrons. The third-order valence-corrected chi connectivity index (χ3v) is 5.97. The Balaban J connectivity index is 1.36. The van der Waals surface area contributed by atoms with Gasteiger partial charge in [0.2, 0.25) is 16.9 Å². The van der Waals surface area contributed by atoms with Crippen molar-refractivity contribution in [3.63, 3.8) is 0 Å². The SMILES string of the molecule is COc1ccccc1CNC(=O)C1CC(=O)N(c2nnc(Cc3ccccc3)s2)C1. The van der Waals surface area contributed by atoms with Gasteiger partial charge in [-0.25, -0.2) is 0 Å². The molecule has 1 saturated heterocycles. The first kappa shape index (κ1) is 20.0. The maximum Gasteiger partial charge on any atom is 0.229 e. The summed E-state index contributed by atoms with van der Waals surface area (Å²) in [4.78, 5) is 26.7. The molecule has 1 unspecified atom stereocenters. The van der Waals surface area contributed by atoms with E-state index in [1.807, 2.05) is 54.6 Å². The molecule has 30 heavy (non-hydrogen) atoms. The normalized spacial score (nSPS) is 16.0. The number of nitrogens with one attached hydrogen (secondary N) is 1. The van der Waals surface area contributed by atoms with Crippen LogP contribution in [0.3, 0.4) is 0 Å². The van der Waals surface area contributed by atoms with E-state index in [0.717, 1.165) is 21.9 Å². The number of amides is 2. The van der Waals surface area contributed by atoms with Crippen molar-refractivity contribution in [1.82, 2.24) is 15.5 Å². The highest BCUT2D eigenvalue weighted by molar-refractivity contribution is 7.15. The predicted octanol–water partition coefficient (Wildman–Crippen LogP) is 2.81. The number of benzene rings is 2.